The molecule has 0 aliphatic carbocycles. The minimum absolute atomic E-state index is 0.0709. The average molecular weight is 531 g/mol. The van der Waals surface area contributed by atoms with Crippen LogP contribution in [0.2, 0.25) is 0 Å². The van der Waals surface area contributed by atoms with Crippen LogP contribution in [0.15, 0.2) is 42.7 Å². The van der Waals surface area contributed by atoms with Crippen molar-refractivity contribution < 1.29 is 37.5 Å². The average Bonchev–Trinajstić information content (AvgIpc) is 3.21. The summed E-state index contributed by atoms with van der Waals surface area (Å²) in [7, 11) is 1.78. The van der Waals surface area contributed by atoms with Crippen LogP contribution in [-0.2, 0) is 34.2 Å². The van der Waals surface area contributed by atoms with Gasteiger partial charge in [0.1, 0.15) is 12.0 Å². The SMILES string of the molecule is Cc1c(CN2C(=O)C(C(=O)NC(C)C(=O)O)CN(c3ccc4c(c3)ncn4C)C2=O)cccc1C(F)(F)F. The Bertz CT molecular complexity index is 1450. The number of hydrogen-bond acceptors (Lipinski definition) is 5. The van der Waals surface area contributed by atoms with Crippen molar-refractivity contribution >= 4 is 40.5 Å². The molecular weight excluding hydrogens is 507 g/mol. The predicted octanol–water partition coefficient (Wildman–Crippen LogP) is 3.07. The summed E-state index contributed by atoms with van der Waals surface area (Å²) in [6, 6.07) is 6.18. The quantitative estimate of drug-likeness (QED) is 0.471. The zero-order valence-corrected chi connectivity index (χ0v) is 20.6. The summed E-state index contributed by atoms with van der Waals surface area (Å²) in [4.78, 5) is 57.2. The van der Waals surface area contributed by atoms with Gasteiger partial charge >= 0.3 is 18.2 Å². The maximum absolute atomic E-state index is 13.5. The number of amides is 4. The van der Waals surface area contributed by atoms with Gasteiger partial charge in [-0.1, -0.05) is 12.1 Å². The van der Waals surface area contributed by atoms with E-state index in [4.69, 9.17) is 5.11 Å². The lowest BCUT2D eigenvalue weighted by molar-refractivity contribution is -0.145. The Morgan fingerprint density at radius 1 is 1.21 bits per heavy atom. The highest BCUT2D eigenvalue weighted by atomic mass is 19.4. The third-order valence-corrected chi connectivity index (χ3v) is 6.54. The molecule has 1 aromatic heterocycles. The van der Waals surface area contributed by atoms with Crippen molar-refractivity contribution in [3.63, 3.8) is 0 Å². The molecule has 2 N–H and O–H groups in total. The number of carbonyl (C=O) groups excluding carboxylic acids is 3. The van der Waals surface area contributed by atoms with Crippen LogP contribution in [0.3, 0.4) is 0 Å². The molecule has 0 saturated carbocycles. The van der Waals surface area contributed by atoms with Crippen molar-refractivity contribution in [2.45, 2.75) is 32.6 Å². The molecule has 1 saturated heterocycles. The number of halogens is 3. The Kier molecular flexibility index (Phi) is 6.87. The van der Waals surface area contributed by atoms with Gasteiger partial charge in [-0.3, -0.25) is 24.2 Å². The number of anilines is 1. The van der Waals surface area contributed by atoms with Crippen LogP contribution in [0.4, 0.5) is 23.7 Å². The van der Waals surface area contributed by atoms with Crippen LogP contribution in [0.25, 0.3) is 11.0 Å². The Morgan fingerprint density at radius 3 is 2.58 bits per heavy atom. The van der Waals surface area contributed by atoms with E-state index in [0.717, 1.165) is 16.5 Å². The minimum atomic E-state index is -4.64. The molecule has 200 valence electrons. The highest BCUT2D eigenvalue weighted by Crippen LogP contribution is 2.34. The number of imidazole rings is 1. The summed E-state index contributed by atoms with van der Waals surface area (Å²) in [6.07, 6.45) is -3.07. The maximum atomic E-state index is 13.5. The second-order valence-electron chi connectivity index (χ2n) is 9.05. The number of carbonyl (C=O) groups is 4. The molecule has 2 aromatic carbocycles. The Hall–Kier alpha value is -4.42. The second kappa shape index (κ2) is 9.80. The third kappa shape index (κ3) is 4.91. The lowest BCUT2D eigenvalue weighted by atomic mass is 9.98. The van der Waals surface area contributed by atoms with E-state index in [1.165, 1.54) is 26.0 Å². The molecule has 4 amide bonds. The summed E-state index contributed by atoms with van der Waals surface area (Å²) < 4.78 is 42.1. The fourth-order valence-corrected chi connectivity index (χ4v) is 4.32. The molecule has 38 heavy (non-hydrogen) atoms. The molecule has 2 unspecified atom stereocenters. The van der Waals surface area contributed by atoms with Crippen molar-refractivity contribution in [2.75, 3.05) is 11.4 Å². The highest BCUT2D eigenvalue weighted by Gasteiger charge is 2.44. The van der Waals surface area contributed by atoms with E-state index in [0.29, 0.717) is 16.1 Å². The van der Waals surface area contributed by atoms with E-state index < -0.39 is 60.6 Å². The van der Waals surface area contributed by atoms with Crippen molar-refractivity contribution in [3.05, 3.63) is 59.4 Å². The summed E-state index contributed by atoms with van der Waals surface area (Å²) in [5, 5.41) is 11.4. The van der Waals surface area contributed by atoms with Crippen LogP contribution in [-0.4, -0.2) is 56.0 Å². The van der Waals surface area contributed by atoms with Gasteiger partial charge in [-0.25, -0.2) is 9.78 Å². The number of aryl methyl sites for hydroxylation is 1. The van der Waals surface area contributed by atoms with Gasteiger partial charge in [0, 0.05) is 19.3 Å². The molecule has 1 aliphatic rings. The normalized spacial score (nSPS) is 17.2. The number of nitrogens with zero attached hydrogens (tertiary/aromatic N) is 4. The Morgan fingerprint density at radius 2 is 1.92 bits per heavy atom. The molecule has 10 nitrogen and oxygen atoms in total. The Balaban J connectivity index is 1.74. The molecule has 4 rings (SSSR count). The number of alkyl halides is 3. The number of imide groups is 1. The summed E-state index contributed by atoms with van der Waals surface area (Å²) in [5.41, 5.74) is 0.609. The highest BCUT2D eigenvalue weighted by molar-refractivity contribution is 6.14. The van der Waals surface area contributed by atoms with Gasteiger partial charge in [0.05, 0.1) is 29.5 Å². The largest absolute Gasteiger partial charge is 0.480 e. The maximum Gasteiger partial charge on any atom is 0.416 e. The number of benzene rings is 2. The molecular formula is C25H24F3N5O5. The molecule has 1 fully saturated rings. The fraction of sp³-hybridized carbons (Fsp3) is 0.320. The van der Waals surface area contributed by atoms with E-state index in [2.05, 4.69) is 10.3 Å². The smallest absolute Gasteiger partial charge is 0.416 e. The number of aliphatic carboxylic acids is 1. The Labute approximate surface area is 214 Å². The van der Waals surface area contributed by atoms with E-state index in [-0.39, 0.29) is 11.1 Å². The first-order valence-electron chi connectivity index (χ1n) is 11.5. The number of urea groups is 1. The van der Waals surface area contributed by atoms with Gasteiger partial charge < -0.3 is 15.0 Å². The zero-order chi connectivity index (χ0) is 27.9. The van der Waals surface area contributed by atoms with Crippen LogP contribution in [0.5, 0.6) is 0 Å². The second-order valence-corrected chi connectivity index (χ2v) is 9.05. The van der Waals surface area contributed by atoms with E-state index >= 15 is 0 Å². The van der Waals surface area contributed by atoms with Crippen LogP contribution >= 0.6 is 0 Å². The van der Waals surface area contributed by atoms with Gasteiger partial charge in [-0.05, 0) is 49.2 Å². The van der Waals surface area contributed by atoms with Gasteiger partial charge in [-0.15, -0.1) is 0 Å². The summed E-state index contributed by atoms with van der Waals surface area (Å²) >= 11 is 0. The van der Waals surface area contributed by atoms with Gasteiger partial charge in [0.15, 0.2) is 0 Å². The van der Waals surface area contributed by atoms with E-state index in [1.807, 2.05) is 0 Å². The van der Waals surface area contributed by atoms with Crippen molar-refractivity contribution in [3.8, 4) is 0 Å². The van der Waals surface area contributed by atoms with Crippen molar-refractivity contribution in [2.24, 2.45) is 13.0 Å². The number of hydrogen-bond donors (Lipinski definition) is 2. The predicted molar refractivity (Wildman–Crippen MR) is 129 cm³/mol. The minimum Gasteiger partial charge on any atom is -0.480 e. The zero-order valence-electron chi connectivity index (χ0n) is 20.6. The molecule has 2 atom stereocenters. The number of carboxylic acid groups (broad SMARTS) is 1. The standard InChI is InChI=1S/C25H24F3N5O5/c1-13-15(5-4-6-18(13)25(26,27)28)10-33-22(35)17(21(34)30-14(2)23(36)37)11-32(24(33)38)16-7-8-20-19(9-16)29-12-31(20)3/h4-9,12,14,17H,10-11H2,1-3H3,(H,30,34)(H,36,37). The van der Waals surface area contributed by atoms with E-state index in [9.17, 15) is 32.3 Å². The fourth-order valence-electron chi connectivity index (χ4n) is 4.32. The molecule has 1 aliphatic heterocycles. The van der Waals surface area contributed by atoms with Crippen LogP contribution in [0, 0.1) is 12.8 Å². The summed E-state index contributed by atoms with van der Waals surface area (Å²) in [6.45, 7) is 1.54. The first kappa shape index (κ1) is 26.6. The van der Waals surface area contributed by atoms with Gasteiger partial charge in [0.2, 0.25) is 11.8 Å². The molecule has 3 aromatic rings. The first-order chi connectivity index (χ1) is 17.8. The number of carboxylic acids is 1. The lowest BCUT2D eigenvalue weighted by Crippen LogP contribution is -2.60. The van der Waals surface area contributed by atoms with Gasteiger partial charge in [0.25, 0.3) is 0 Å². The molecule has 2 heterocycles. The lowest BCUT2D eigenvalue weighted by Gasteiger charge is -2.38. The van der Waals surface area contributed by atoms with E-state index in [1.54, 1.807) is 36.1 Å². The van der Waals surface area contributed by atoms with Crippen molar-refractivity contribution in [1.29, 1.82) is 0 Å². The molecule has 0 radical (unpaired) electrons. The number of fused-ring (bicyclic) bond motifs is 1. The van der Waals surface area contributed by atoms with Crippen LogP contribution in [0.1, 0.15) is 23.6 Å². The number of nitrogens with one attached hydrogen (secondary N) is 1. The molecule has 0 spiro atoms. The summed E-state index contributed by atoms with van der Waals surface area (Å²) in [5.74, 6) is -4.70. The van der Waals surface area contributed by atoms with Crippen molar-refractivity contribution in [1.82, 2.24) is 19.8 Å². The third-order valence-electron chi connectivity index (χ3n) is 6.54. The molecule has 13 heteroatoms. The van der Waals surface area contributed by atoms with Crippen LogP contribution < -0.4 is 10.2 Å². The number of aromatic nitrogens is 2. The number of rotatable bonds is 6. The topological polar surface area (TPSA) is 125 Å². The monoisotopic (exact) mass is 531 g/mol. The molecule has 0 bridgehead atoms. The van der Waals surface area contributed by atoms with Gasteiger partial charge in [-0.2, -0.15) is 13.2 Å². The first-order valence-corrected chi connectivity index (χ1v) is 11.5.